The summed E-state index contributed by atoms with van der Waals surface area (Å²) in [6.45, 7) is 14.0. The Morgan fingerprint density at radius 2 is 2.08 bits per heavy atom. The van der Waals surface area contributed by atoms with Gasteiger partial charge in [0.05, 0.1) is 6.04 Å². The first-order valence-corrected chi connectivity index (χ1v) is 9.55. The molecule has 0 saturated carbocycles. The summed E-state index contributed by atoms with van der Waals surface area (Å²) in [4.78, 5) is 23.2. The van der Waals surface area contributed by atoms with Crippen LogP contribution in [0.2, 0.25) is 0 Å². The number of aromatic nitrogens is 2. The molecule has 0 aliphatic carbocycles. The Hall–Kier alpha value is -1.47. The van der Waals surface area contributed by atoms with Gasteiger partial charge in [-0.15, -0.1) is 0 Å². The number of likely N-dealkylation sites (tertiary alicyclic amines) is 1. The molecule has 3 rings (SSSR count). The summed E-state index contributed by atoms with van der Waals surface area (Å²) in [7, 11) is 0. The van der Waals surface area contributed by atoms with Crippen LogP contribution in [-0.2, 0) is 11.2 Å². The van der Waals surface area contributed by atoms with E-state index in [4.69, 9.17) is 4.52 Å². The van der Waals surface area contributed by atoms with Gasteiger partial charge >= 0.3 is 0 Å². The van der Waals surface area contributed by atoms with E-state index in [-0.39, 0.29) is 11.9 Å². The van der Waals surface area contributed by atoms with E-state index in [0.29, 0.717) is 12.0 Å². The largest absolute Gasteiger partial charge is 0.342 e. The Labute approximate surface area is 150 Å². The first-order valence-electron chi connectivity index (χ1n) is 9.55. The van der Waals surface area contributed by atoms with Gasteiger partial charge in [-0.05, 0) is 19.3 Å². The van der Waals surface area contributed by atoms with Gasteiger partial charge in [-0.1, -0.05) is 19.0 Å². The molecule has 0 bridgehead atoms. The normalized spacial score (nSPS) is 27.4. The summed E-state index contributed by atoms with van der Waals surface area (Å²) < 4.78 is 5.45. The van der Waals surface area contributed by atoms with Crippen molar-refractivity contribution in [2.75, 3.05) is 39.3 Å². The SMILES string of the molecule is CCc1noc([C@H](C)N2C[C@@H](N3CCCN(C(C)=O)CC3)[C@@H](C)C2)n1. The molecular weight excluding hydrogens is 318 g/mol. The van der Waals surface area contributed by atoms with Crippen molar-refractivity contribution in [2.45, 2.75) is 52.6 Å². The van der Waals surface area contributed by atoms with Gasteiger partial charge in [0, 0.05) is 58.7 Å². The zero-order valence-electron chi connectivity index (χ0n) is 15.9. The van der Waals surface area contributed by atoms with Crippen molar-refractivity contribution in [1.82, 2.24) is 24.8 Å². The minimum absolute atomic E-state index is 0.154. The molecule has 3 atom stereocenters. The van der Waals surface area contributed by atoms with Gasteiger partial charge in [0.2, 0.25) is 11.8 Å². The summed E-state index contributed by atoms with van der Waals surface area (Å²) in [6.07, 6.45) is 1.86. The summed E-state index contributed by atoms with van der Waals surface area (Å²) >= 11 is 0. The molecule has 2 saturated heterocycles. The van der Waals surface area contributed by atoms with Crippen LogP contribution in [0, 0.1) is 5.92 Å². The van der Waals surface area contributed by atoms with Crippen LogP contribution in [0.25, 0.3) is 0 Å². The highest BCUT2D eigenvalue weighted by atomic mass is 16.5. The quantitative estimate of drug-likeness (QED) is 0.822. The van der Waals surface area contributed by atoms with Gasteiger partial charge in [-0.2, -0.15) is 4.98 Å². The van der Waals surface area contributed by atoms with Gasteiger partial charge in [-0.3, -0.25) is 14.6 Å². The van der Waals surface area contributed by atoms with Crippen molar-refractivity contribution >= 4 is 5.91 Å². The molecule has 1 aromatic rings. The number of nitrogens with zero attached hydrogens (tertiary/aromatic N) is 5. The maximum atomic E-state index is 11.6. The maximum absolute atomic E-state index is 11.6. The fraction of sp³-hybridized carbons (Fsp3) is 0.833. The first-order chi connectivity index (χ1) is 12.0. The zero-order chi connectivity index (χ0) is 18.0. The maximum Gasteiger partial charge on any atom is 0.243 e. The molecule has 2 aliphatic heterocycles. The van der Waals surface area contributed by atoms with Gasteiger partial charge < -0.3 is 9.42 Å². The van der Waals surface area contributed by atoms with Crippen molar-refractivity contribution in [1.29, 1.82) is 0 Å². The number of carbonyl (C=O) groups is 1. The lowest BCUT2D eigenvalue weighted by atomic mass is 10.0. The topological polar surface area (TPSA) is 65.7 Å². The Morgan fingerprint density at radius 3 is 2.76 bits per heavy atom. The zero-order valence-corrected chi connectivity index (χ0v) is 15.9. The van der Waals surface area contributed by atoms with Gasteiger partial charge in [-0.25, -0.2) is 0 Å². The fourth-order valence-corrected chi connectivity index (χ4v) is 4.10. The van der Waals surface area contributed by atoms with Crippen LogP contribution in [0.4, 0.5) is 0 Å². The van der Waals surface area contributed by atoms with Crippen molar-refractivity contribution < 1.29 is 9.32 Å². The molecule has 0 N–H and O–H groups in total. The second-order valence-corrected chi connectivity index (χ2v) is 7.47. The molecule has 25 heavy (non-hydrogen) atoms. The van der Waals surface area contributed by atoms with Crippen LogP contribution in [-0.4, -0.2) is 76.1 Å². The minimum Gasteiger partial charge on any atom is -0.342 e. The van der Waals surface area contributed by atoms with Crippen LogP contribution in [0.15, 0.2) is 4.52 Å². The molecular formula is C18H31N5O2. The molecule has 0 aromatic carbocycles. The van der Waals surface area contributed by atoms with Crippen LogP contribution < -0.4 is 0 Å². The molecule has 7 heteroatoms. The van der Waals surface area contributed by atoms with Crippen molar-refractivity contribution in [3.05, 3.63) is 11.7 Å². The third-order valence-electron chi connectivity index (χ3n) is 5.75. The molecule has 3 heterocycles. The van der Waals surface area contributed by atoms with Crippen molar-refractivity contribution in [3.8, 4) is 0 Å². The molecule has 0 unspecified atom stereocenters. The molecule has 2 fully saturated rings. The van der Waals surface area contributed by atoms with Crippen molar-refractivity contribution in [3.63, 3.8) is 0 Å². The summed E-state index contributed by atoms with van der Waals surface area (Å²) in [6, 6.07) is 0.684. The monoisotopic (exact) mass is 349 g/mol. The number of hydrogen-bond acceptors (Lipinski definition) is 6. The molecule has 140 valence electrons. The highest BCUT2D eigenvalue weighted by Crippen LogP contribution is 2.29. The fourth-order valence-electron chi connectivity index (χ4n) is 4.10. The van der Waals surface area contributed by atoms with E-state index in [1.165, 1.54) is 0 Å². The van der Waals surface area contributed by atoms with Crippen LogP contribution in [0.3, 0.4) is 0 Å². The molecule has 2 aliphatic rings. The average Bonchev–Trinajstić information content (AvgIpc) is 3.14. The Morgan fingerprint density at radius 1 is 1.28 bits per heavy atom. The third-order valence-corrected chi connectivity index (χ3v) is 5.75. The molecule has 0 spiro atoms. The standard InChI is InChI=1S/C18H31N5O2/c1-5-17-19-18(25-20-17)14(3)23-11-13(2)16(12-23)22-8-6-7-21(9-10-22)15(4)24/h13-14,16H,5-12H2,1-4H3/t13-,14-,16+/m0/s1. The van der Waals surface area contributed by atoms with E-state index in [1.807, 2.05) is 11.8 Å². The van der Waals surface area contributed by atoms with Crippen LogP contribution in [0.1, 0.15) is 51.9 Å². The molecule has 7 nitrogen and oxygen atoms in total. The number of aryl methyl sites for hydroxylation is 1. The highest BCUT2D eigenvalue weighted by Gasteiger charge is 2.38. The van der Waals surface area contributed by atoms with E-state index >= 15 is 0 Å². The van der Waals surface area contributed by atoms with Crippen LogP contribution >= 0.6 is 0 Å². The second-order valence-electron chi connectivity index (χ2n) is 7.47. The Bertz CT molecular complexity index is 590. The Kier molecular flexibility index (Phi) is 5.74. The summed E-state index contributed by atoms with van der Waals surface area (Å²) in [5.74, 6) is 2.30. The summed E-state index contributed by atoms with van der Waals surface area (Å²) in [5, 5.41) is 4.03. The minimum atomic E-state index is 0.154. The van der Waals surface area contributed by atoms with Gasteiger partial charge in [0.25, 0.3) is 0 Å². The van der Waals surface area contributed by atoms with Gasteiger partial charge in [0.15, 0.2) is 5.82 Å². The number of hydrogen-bond donors (Lipinski definition) is 0. The molecule has 1 aromatic heterocycles. The number of rotatable bonds is 4. The lowest BCUT2D eigenvalue weighted by Gasteiger charge is -2.30. The third kappa shape index (κ3) is 4.03. The van der Waals surface area contributed by atoms with Crippen LogP contribution in [0.5, 0.6) is 0 Å². The van der Waals surface area contributed by atoms with Gasteiger partial charge in [0.1, 0.15) is 0 Å². The molecule has 0 radical (unpaired) electrons. The van der Waals surface area contributed by atoms with E-state index in [2.05, 4.69) is 33.8 Å². The average molecular weight is 349 g/mol. The second kappa shape index (κ2) is 7.83. The van der Waals surface area contributed by atoms with E-state index in [0.717, 1.165) is 63.8 Å². The number of carbonyl (C=O) groups excluding carboxylic acids is 1. The smallest absolute Gasteiger partial charge is 0.243 e. The summed E-state index contributed by atoms with van der Waals surface area (Å²) in [5.41, 5.74) is 0. The van der Waals surface area contributed by atoms with E-state index in [9.17, 15) is 4.79 Å². The Balaban J connectivity index is 1.61. The lowest BCUT2D eigenvalue weighted by Crippen LogP contribution is -2.43. The lowest BCUT2D eigenvalue weighted by molar-refractivity contribution is -0.128. The number of amides is 1. The van der Waals surface area contributed by atoms with Crippen molar-refractivity contribution in [2.24, 2.45) is 5.92 Å². The predicted octanol–water partition coefficient (Wildman–Crippen LogP) is 1.57. The molecule has 1 amide bonds. The highest BCUT2D eigenvalue weighted by molar-refractivity contribution is 5.73. The van der Waals surface area contributed by atoms with E-state index < -0.39 is 0 Å². The first kappa shape index (κ1) is 18.3. The predicted molar refractivity (Wildman–Crippen MR) is 95.1 cm³/mol. The van der Waals surface area contributed by atoms with E-state index in [1.54, 1.807) is 6.92 Å².